The summed E-state index contributed by atoms with van der Waals surface area (Å²) in [5.41, 5.74) is 0.517. The molecule has 0 aliphatic rings. The predicted molar refractivity (Wildman–Crippen MR) is 93.0 cm³/mol. The maximum absolute atomic E-state index is 12.4. The number of ether oxygens (including phenoxy) is 2. The molecule has 0 fully saturated rings. The van der Waals surface area contributed by atoms with Crippen molar-refractivity contribution in [3.8, 4) is 11.5 Å². The molecule has 0 unspecified atom stereocenters. The number of aromatic nitrogens is 1. The number of nitrogens with one attached hydrogen (secondary N) is 2. The van der Waals surface area contributed by atoms with Crippen LogP contribution in [0.3, 0.4) is 0 Å². The van der Waals surface area contributed by atoms with E-state index in [0.29, 0.717) is 11.5 Å². The highest BCUT2D eigenvalue weighted by Crippen LogP contribution is 2.27. The second kappa shape index (κ2) is 8.19. The fraction of sp³-hybridized carbons (Fsp3) is 0.375. The van der Waals surface area contributed by atoms with E-state index in [4.69, 9.17) is 14.0 Å². The van der Waals surface area contributed by atoms with Gasteiger partial charge in [0.15, 0.2) is 5.76 Å². The van der Waals surface area contributed by atoms with Gasteiger partial charge in [-0.1, -0.05) is 11.2 Å². The van der Waals surface area contributed by atoms with E-state index in [1.807, 2.05) is 0 Å². The van der Waals surface area contributed by atoms with E-state index >= 15 is 0 Å². The minimum Gasteiger partial charge on any atom is -0.496 e. The van der Waals surface area contributed by atoms with E-state index < -0.39 is 15.9 Å². The molecule has 1 amide bonds. The molecule has 0 aliphatic heterocycles. The number of methoxy groups -OCH3 is 2. The molecule has 2 N–H and O–H groups in total. The van der Waals surface area contributed by atoms with Crippen LogP contribution in [0.1, 0.15) is 21.8 Å². The minimum atomic E-state index is -3.77. The van der Waals surface area contributed by atoms with Crippen LogP contribution in [0.4, 0.5) is 0 Å². The van der Waals surface area contributed by atoms with Crippen molar-refractivity contribution in [1.82, 2.24) is 15.2 Å². The fourth-order valence-electron chi connectivity index (χ4n) is 2.46. The summed E-state index contributed by atoms with van der Waals surface area (Å²) in [4.78, 5) is 12.4. The fourth-order valence-corrected chi connectivity index (χ4v) is 3.81. The van der Waals surface area contributed by atoms with E-state index in [2.05, 4.69) is 15.2 Å². The average molecular weight is 383 g/mol. The van der Waals surface area contributed by atoms with Gasteiger partial charge in [-0.15, -0.1) is 0 Å². The topological polar surface area (TPSA) is 120 Å². The second-order valence-corrected chi connectivity index (χ2v) is 7.05. The molecule has 2 aromatic rings. The van der Waals surface area contributed by atoms with Gasteiger partial charge in [0.1, 0.15) is 27.7 Å². The van der Waals surface area contributed by atoms with Crippen molar-refractivity contribution in [3.05, 3.63) is 35.2 Å². The van der Waals surface area contributed by atoms with E-state index in [1.54, 1.807) is 25.1 Å². The Kier molecular flexibility index (Phi) is 6.22. The summed E-state index contributed by atoms with van der Waals surface area (Å²) < 4.78 is 42.2. The van der Waals surface area contributed by atoms with Gasteiger partial charge in [-0.05, 0) is 26.0 Å². The molecule has 1 aromatic carbocycles. The number of sulfonamides is 1. The van der Waals surface area contributed by atoms with Gasteiger partial charge < -0.3 is 19.3 Å². The third-order valence-corrected chi connectivity index (χ3v) is 5.30. The van der Waals surface area contributed by atoms with Crippen molar-refractivity contribution in [3.63, 3.8) is 0 Å². The van der Waals surface area contributed by atoms with Crippen molar-refractivity contribution in [1.29, 1.82) is 0 Å². The van der Waals surface area contributed by atoms with Crippen molar-refractivity contribution >= 4 is 15.9 Å². The largest absolute Gasteiger partial charge is 0.496 e. The molecular weight excluding hydrogens is 362 g/mol. The lowest BCUT2D eigenvalue weighted by Crippen LogP contribution is -2.35. The Morgan fingerprint density at radius 1 is 1.15 bits per heavy atom. The lowest BCUT2D eigenvalue weighted by molar-refractivity contribution is 0.0948. The Morgan fingerprint density at radius 3 is 2.27 bits per heavy atom. The third kappa shape index (κ3) is 4.14. The van der Waals surface area contributed by atoms with Crippen LogP contribution in [0.25, 0.3) is 0 Å². The van der Waals surface area contributed by atoms with Crippen LogP contribution in [0.2, 0.25) is 0 Å². The molecule has 1 heterocycles. The highest BCUT2D eigenvalue weighted by atomic mass is 32.2. The maximum atomic E-state index is 12.4. The number of benzene rings is 1. The lowest BCUT2D eigenvalue weighted by Gasteiger charge is -2.13. The third-order valence-electron chi connectivity index (χ3n) is 3.59. The zero-order valence-electron chi connectivity index (χ0n) is 15.0. The molecule has 9 nitrogen and oxygen atoms in total. The molecule has 142 valence electrons. The standard InChI is InChI=1S/C16H21N3O6S/c1-10-15(11(2)25-19-10)26(21,22)18-9-8-17-16(20)14-12(23-3)6-5-7-13(14)24-4/h5-7,18H,8-9H2,1-4H3,(H,17,20). The summed E-state index contributed by atoms with van der Waals surface area (Å²) >= 11 is 0. The smallest absolute Gasteiger partial charge is 0.258 e. The number of hydrogen-bond donors (Lipinski definition) is 2. The van der Waals surface area contributed by atoms with Gasteiger partial charge in [-0.3, -0.25) is 4.79 Å². The summed E-state index contributed by atoms with van der Waals surface area (Å²) in [6.45, 7) is 3.13. The van der Waals surface area contributed by atoms with E-state index in [1.165, 1.54) is 21.1 Å². The molecule has 26 heavy (non-hydrogen) atoms. The number of carbonyl (C=O) groups excluding carboxylic acids is 1. The monoisotopic (exact) mass is 383 g/mol. The van der Waals surface area contributed by atoms with Gasteiger partial charge in [0.25, 0.3) is 5.91 Å². The molecule has 0 spiro atoms. The van der Waals surface area contributed by atoms with Gasteiger partial charge in [0, 0.05) is 13.1 Å². The normalized spacial score (nSPS) is 11.2. The molecule has 0 aliphatic carbocycles. The Balaban J connectivity index is 2.00. The number of amides is 1. The van der Waals surface area contributed by atoms with Crippen LogP contribution in [-0.2, 0) is 10.0 Å². The summed E-state index contributed by atoms with van der Waals surface area (Å²) in [5.74, 6) is 0.491. The summed E-state index contributed by atoms with van der Waals surface area (Å²) in [5, 5.41) is 6.26. The van der Waals surface area contributed by atoms with Gasteiger partial charge in [-0.25, -0.2) is 13.1 Å². The maximum Gasteiger partial charge on any atom is 0.258 e. The number of nitrogens with zero attached hydrogens (tertiary/aromatic N) is 1. The van der Waals surface area contributed by atoms with Crippen LogP contribution < -0.4 is 19.5 Å². The molecule has 0 atom stereocenters. The Morgan fingerprint density at radius 2 is 1.77 bits per heavy atom. The second-order valence-electron chi connectivity index (χ2n) is 5.34. The van der Waals surface area contributed by atoms with Gasteiger partial charge in [0.05, 0.1) is 14.2 Å². The molecule has 10 heteroatoms. The van der Waals surface area contributed by atoms with Crippen molar-refractivity contribution < 1.29 is 27.2 Å². The van der Waals surface area contributed by atoms with Crippen LogP contribution in [0.15, 0.2) is 27.6 Å². The number of hydrogen-bond acceptors (Lipinski definition) is 7. The first-order valence-electron chi connectivity index (χ1n) is 7.73. The number of rotatable bonds is 8. The quantitative estimate of drug-likeness (QED) is 0.653. The van der Waals surface area contributed by atoms with Crippen LogP contribution >= 0.6 is 0 Å². The zero-order chi connectivity index (χ0) is 19.3. The van der Waals surface area contributed by atoms with E-state index in [0.717, 1.165) is 0 Å². The van der Waals surface area contributed by atoms with Crippen molar-refractivity contribution in [2.24, 2.45) is 0 Å². The lowest BCUT2D eigenvalue weighted by atomic mass is 10.1. The van der Waals surface area contributed by atoms with Gasteiger partial charge in [0.2, 0.25) is 10.0 Å². The Labute approximate surface area is 151 Å². The van der Waals surface area contributed by atoms with Crippen LogP contribution in [-0.4, -0.2) is 46.8 Å². The highest BCUT2D eigenvalue weighted by molar-refractivity contribution is 7.89. The molecule has 0 radical (unpaired) electrons. The molecule has 0 saturated heterocycles. The SMILES string of the molecule is COc1cccc(OC)c1C(=O)NCCNS(=O)(=O)c1c(C)noc1C. The predicted octanol–water partition coefficient (Wildman–Crippen LogP) is 1.02. The first-order chi connectivity index (χ1) is 12.3. The van der Waals surface area contributed by atoms with Gasteiger partial charge >= 0.3 is 0 Å². The number of carbonyl (C=O) groups is 1. The zero-order valence-corrected chi connectivity index (χ0v) is 15.8. The first kappa shape index (κ1) is 19.7. The molecule has 2 rings (SSSR count). The Bertz CT molecular complexity index is 850. The summed E-state index contributed by atoms with van der Waals surface area (Å²) in [7, 11) is -0.878. The van der Waals surface area contributed by atoms with E-state index in [9.17, 15) is 13.2 Å². The molecule has 1 aromatic heterocycles. The minimum absolute atomic E-state index is 0.00437. The highest BCUT2D eigenvalue weighted by Gasteiger charge is 2.24. The molecular formula is C16H21N3O6S. The average Bonchev–Trinajstić information content (AvgIpc) is 2.96. The van der Waals surface area contributed by atoms with Crippen LogP contribution in [0.5, 0.6) is 11.5 Å². The molecule has 0 saturated carbocycles. The summed E-state index contributed by atoms with van der Waals surface area (Å²) in [6.07, 6.45) is 0. The summed E-state index contributed by atoms with van der Waals surface area (Å²) in [6, 6.07) is 4.97. The first-order valence-corrected chi connectivity index (χ1v) is 9.22. The number of aryl methyl sites for hydroxylation is 2. The van der Waals surface area contributed by atoms with Crippen LogP contribution in [0, 0.1) is 13.8 Å². The molecule has 0 bridgehead atoms. The van der Waals surface area contributed by atoms with E-state index in [-0.39, 0.29) is 35.0 Å². The van der Waals surface area contributed by atoms with Crippen molar-refractivity contribution in [2.75, 3.05) is 27.3 Å². The Hall–Kier alpha value is -2.59. The van der Waals surface area contributed by atoms with Gasteiger partial charge in [-0.2, -0.15) is 0 Å². The van der Waals surface area contributed by atoms with Crippen molar-refractivity contribution in [2.45, 2.75) is 18.7 Å².